The second-order valence-electron chi connectivity index (χ2n) is 6.72. The van der Waals surface area contributed by atoms with Gasteiger partial charge in [-0.1, -0.05) is 18.2 Å². The molecule has 122 valence electrons. The number of fused-ring (bicyclic) bond motifs is 4. The van der Waals surface area contributed by atoms with Crippen molar-refractivity contribution >= 4 is 16.9 Å². The highest BCUT2D eigenvalue weighted by molar-refractivity contribution is 5.85. The maximum Gasteiger partial charge on any atom is 0.246 e. The van der Waals surface area contributed by atoms with Gasteiger partial charge in [-0.3, -0.25) is 9.36 Å². The Hall–Kier alpha value is -2.63. The highest BCUT2D eigenvalue weighted by Gasteiger charge is 2.43. The maximum absolute atomic E-state index is 12.7. The quantitative estimate of drug-likeness (QED) is 0.690. The molecule has 3 aromatic rings. The summed E-state index contributed by atoms with van der Waals surface area (Å²) in [6, 6.07) is 7.80. The third kappa shape index (κ3) is 1.68. The average Bonchev–Trinajstić information content (AvgIpc) is 3.28. The number of amides is 1. The number of furan rings is 1. The molecule has 1 amide bonds. The van der Waals surface area contributed by atoms with E-state index in [-0.39, 0.29) is 18.0 Å². The zero-order valence-electron chi connectivity index (χ0n) is 13.7. The molecule has 4 heterocycles. The Labute approximate surface area is 139 Å². The van der Waals surface area contributed by atoms with Gasteiger partial charge >= 0.3 is 0 Å². The zero-order valence-corrected chi connectivity index (χ0v) is 13.7. The normalized spacial score (nSPS) is 22.9. The topological polar surface area (TPSA) is 64.2 Å². The van der Waals surface area contributed by atoms with Crippen molar-refractivity contribution in [3.8, 4) is 11.6 Å². The summed E-state index contributed by atoms with van der Waals surface area (Å²) in [4.78, 5) is 14.6. The fraction of sp³-hybridized carbons (Fsp3) is 0.389. The van der Waals surface area contributed by atoms with Crippen molar-refractivity contribution in [3.63, 3.8) is 0 Å². The summed E-state index contributed by atoms with van der Waals surface area (Å²) in [5.74, 6) is 2.35. The van der Waals surface area contributed by atoms with Crippen LogP contribution in [0.2, 0.25) is 0 Å². The number of aromatic nitrogens is 3. The Morgan fingerprint density at radius 3 is 3.00 bits per heavy atom. The fourth-order valence-corrected chi connectivity index (χ4v) is 4.05. The summed E-state index contributed by atoms with van der Waals surface area (Å²) in [6.07, 6.45) is 1.98. The Morgan fingerprint density at radius 1 is 1.29 bits per heavy atom. The van der Waals surface area contributed by atoms with Gasteiger partial charge in [-0.05, 0) is 38.3 Å². The monoisotopic (exact) mass is 322 g/mol. The van der Waals surface area contributed by atoms with E-state index >= 15 is 0 Å². The highest BCUT2D eigenvalue weighted by atomic mass is 16.3. The van der Waals surface area contributed by atoms with Crippen LogP contribution in [-0.2, 0) is 4.79 Å². The van der Waals surface area contributed by atoms with Gasteiger partial charge in [-0.2, -0.15) is 0 Å². The molecule has 6 heteroatoms. The Morgan fingerprint density at radius 2 is 2.17 bits per heavy atom. The standard InChI is InChI=1S/C18H18N4O2/c1-10-5-3-6-12-9-14(24-15(10)12)17-20-19-16-13-7-4-8-21(13)18(23)11(2)22(16)17/h3,5-6,9,11,13H,4,7-8H2,1-2H3/t11-,13-/m0/s1. The van der Waals surface area contributed by atoms with Crippen molar-refractivity contribution in [2.75, 3.05) is 6.54 Å². The van der Waals surface area contributed by atoms with E-state index < -0.39 is 0 Å². The van der Waals surface area contributed by atoms with E-state index in [1.165, 1.54) is 0 Å². The first-order chi connectivity index (χ1) is 11.6. The predicted molar refractivity (Wildman–Crippen MR) is 88.4 cm³/mol. The maximum atomic E-state index is 12.7. The lowest BCUT2D eigenvalue weighted by Crippen LogP contribution is -2.42. The lowest BCUT2D eigenvalue weighted by atomic mass is 10.1. The molecule has 2 aliphatic rings. The van der Waals surface area contributed by atoms with Crippen LogP contribution in [0.3, 0.4) is 0 Å². The molecule has 24 heavy (non-hydrogen) atoms. The second-order valence-corrected chi connectivity index (χ2v) is 6.72. The highest BCUT2D eigenvalue weighted by Crippen LogP contribution is 2.40. The summed E-state index contributed by atoms with van der Waals surface area (Å²) < 4.78 is 8.02. The molecule has 0 spiro atoms. The van der Waals surface area contributed by atoms with Gasteiger partial charge in [0.25, 0.3) is 0 Å². The number of hydrogen-bond acceptors (Lipinski definition) is 4. The molecule has 1 fully saturated rings. The molecule has 1 saturated heterocycles. The van der Waals surface area contributed by atoms with E-state index in [1.807, 2.05) is 47.6 Å². The molecular weight excluding hydrogens is 304 g/mol. The van der Waals surface area contributed by atoms with Crippen LogP contribution >= 0.6 is 0 Å². The number of aryl methyl sites for hydroxylation is 1. The van der Waals surface area contributed by atoms with Gasteiger partial charge in [-0.25, -0.2) is 0 Å². The Bertz CT molecular complexity index is 971. The first-order valence-electron chi connectivity index (χ1n) is 8.40. The SMILES string of the molecule is Cc1cccc2cc(-c3nnc4n3[C@@H](C)C(=O)N3CCC[C@@H]43)oc12. The first-order valence-corrected chi connectivity index (χ1v) is 8.40. The molecule has 6 nitrogen and oxygen atoms in total. The van der Waals surface area contributed by atoms with Crippen LogP contribution in [-0.4, -0.2) is 32.1 Å². The van der Waals surface area contributed by atoms with E-state index in [4.69, 9.17) is 4.42 Å². The van der Waals surface area contributed by atoms with Gasteiger partial charge in [-0.15, -0.1) is 10.2 Å². The third-order valence-corrected chi connectivity index (χ3v) is 5.26. The van der Waals surface area contributed by atoms with Crippen LogP contribution in [0.5, 0.6) is 0 Å². The van der Waals surface area contributed by atoms with Gasteiger partial charge in [0.1, 0.15) is 11.6 Å². The number of rotatable bonds is 1. The van der Waals surface area contributed by atoms with Gasteiger partial charge in [0, 0.05) is 11.9 Å². The lowest BCUT2D eigenvalue weighted by Gasteiger charge is -2.33. The average molecular weight is 322 g/mol. The van der Waals surface area contributed by atoms with Crippen LogP contribution in [0, 0.1) is 6.92 Å². The third-order valence-electron chi connectivity index (χ3n) is 5.26. The van der Waals surface area contributed by atoms with E-state index in [0.29, 0.717) is 11.6 Å². The molecule has 1 aromatic carbocycles. The molecule has 0 radical (unpaired) electrons. The molecule has 0 aliphatic carbocycles. The molecule has 0 saturated carbocycles. The summed E-state index contributed by atoms with van der Waals surface area (Å²) >= 11 is 0. The smallest absolute Gasteiger partial charge is 0.246 e. The second kappa shape index (κ2) is 4.69. The Balaban J connectivity index is 1.70. The largest absolute Gasteiger partial charge is 0.452 e. The first kappa shape index (κ1) is 13.8. The van der Waals surface area contributed by atoms with Gasteiger partial charge in [0.15, 0.2) is 11.6 Å². The zero-order chi connectivity index (χ0) is 16.4. The molecular formula is C18H18N4O2. The van der Waals surface area contributed by atoms with Crippen LogP contribution < -0.4 is 0 Å². The predicted octanol–water partition coefficient (Wildman–Crippen LogP) is 3.24. The van der Waals surface area contributed by atoms with E-state index in [9.17, 15) is 4.79 Å². The summed E-state index contributed by atoms with van der Waals surface area (Å²) in [6.45, 7) is 4.76. The van der Waals surface area contributed by atoms with Crippen molar-refractivity contribution in [3.05, 3.63) is 35.7 Å². The number of carbonyl (C=O) groups excluding carboxylic acids is 1. The fourth-order valence-electron chi connectivity index (χ4n) is 4.05. The van der Waals surface area contributed by atoms with Crippen molar-refractivity contribution < 1.29 is 9.21 Å². The number of hydrogen-bond donors (Lipinski definition) is 0. The molecule has 2 aromatic heterocycles. The summed E-state index contributed by atoms with van der Waals surface area (Å²) in [5.41, 5.74) is 1.95. The van der Waals surface area contributed by atoms with E-state index in [0.717, 1.165) is 41.7 Å². The summed E-state index contributed by atoms with van der Waals surface area (Å²) in [7, 11) is 0. The van der Waals surface area contributed by atoms with E-state index in [1.54, 1.807) is 0 Å². The van der Waals surface area contributed by atoms with Crippen LogP contribution in [0.1, 0.15) is 43.2 Å². The minimum atomic E-state index is -0.298. The molecule has 2 aliphatic heterocycles. The molecule has 5 rings (SSSR count). The Kier molecular flexibility index (Phi) is 2.69. The van der Waals surface area contributed by atoms with E-state index in [2.05, 4.69) is 10.2 Å². The lowest BCUT2D eigenvalue weighted by molar-refractivity contribution is -0.137. The van der Waals surface area contributed by atoms with Crippen molar-refractivity contribution in [2.45, 2.75) is 38.8 Å². The van der Waals surface area contributed by atoms with Crippen LogP contribution in [0.4, 0.5) is 0 Å². The van der Waals surface area contributed by atoms with Gasteiger partial charge in [0.05, 0.1) is 6.04 Å². The minimum absolute atomic E-state index is 0.0565. The molecule has 0 N–H and O–H groups in total. The molecule has 0 bridgehead atoms. The van der Waals surface area contributed by atoms with Crippen LogP contribution in [0.15, 0.2) is 28.7 Å². The van der Waals surface area contributed by atoms with Gasteiger partial charge in [0.2, 0.25) is 11.7 Å². The van der Waals surface area contributed by atoms with Crippen molar-refractivity contribution in [1.29, 1.82) is 0 Å². The number of para-hydroxylation sites is 1. The number of carbonyl (C=O) groups is 1. The van der Waals surface area contributed by atoms with Gasteiger partial charge < -0.3 is 9.32 Å². The minimum Gasteiger partial charge on any atom is -0.452 e. The molecule has 0 unspecified atom stereocenters. The number of nitrogens with zero attached hydrogens (tertiary/aromatic N) is 4. The van der Waals surface area contributed by atoms with Crippen molar-refractivity contribution in [1.82, 2.24) is 19.7 Å². The molecule has 2 atom stereocenters. The number of benzene rings is 1. The van der Waals surface area contributed by atoms with Crippen molar-refractivity contribution in [2.24, 2.45) is 0 Å². The van der Waals surface area contributed by atoms with Crippen LogP contribution in [0.25, 0.3) is 22.6 Å². The summed E-state index contributed by atoms with van der Waals surface area (Å²) in [5, 5.41) is 9.83.